The first kappa shape index (κ1) is 15.0. The van der Waals surface area contributed by atoms with E-state index in [0.29, 0.717) is 12.0 Å². The summed E-state index contributed by atoms with van der Waals surface area (Å²) in [7, 11) is 2.18. The van der Waals surface area contributed by atoms with Gasteiger partial charge in [0.2, 0.25) is 0 Å². The average molecular weight is 249 g/mol. The van der Waals surface area contributed by atoms with E-state index in [9.17, 15) is 0 Å². The molecule has 18 heavy (non-hydrogen) atoms. The zero-order valence-electron chi connectivity index (χ0n) is 12.6. The van der Waals surface area contributed by atoms with Crippen LogP contribution in [0, 0.1) is 12.8 Å². The summed E-state index contributed by atoms with van der Waals surface area (Å²) in [5, 5.41) is 3.38. The van der Waals surface area contributed by atoms with Gasteiger partial charge in [-0.2, -0.15) is 0 Å². The van der Waals surface area contributed by atoms with Gasteiger partial charge in [-0.3, -0.25) is 4.98 Å². The van der Waals surface area contributed by atoms with Crippen molar-refractivity contribution in [2.45, 2.75) is 47.2 Å². The molecule has 0 radical (unpaired) electrons. The summed E-state index contributed by atoms with van der Waals surface area (Å²) >= 11 is 0. The highest BCUT2D eigenvalue weighted by Crippen LogP contribution is 2.24. The molecule has 3 nitrogen and oxygen atoms in total. The Morgan fingerprint density at radius 1 is 1.33 bits per heavy atom. The minimum Gasteiger partial charge on any atom is -0.371 e. The van der Waals surface area contributed by atoms with Crippen molar-refractivity contribution in [3.8, 4) is 0 Å². The number of nitrogens with one attached hydrogen (secondary N) is 1. The van der Waals surface area contributed by atoms with Crippen molar-refractivity contribution in [3.63, 3.8) is 0 Å². The molecule has 1 heterocycles. The molecule has 0 spiro atoms. The molecule has 0 bridgehead atoms. The minimum absolute atomic E-state index is 0.521. The van der Waals surface area contributed by atoms with Gasteiger partial charge in [0.15, 0.2) is 0 Å². The van der Waals surface area contributed by atoms with E-state index in [0.717, 1.165) is 18.8 Å². The second kappa shape index (κ2) is 6.74. The van der Waals surface area contributed by atoms with E-state index in [1.165, 1.54) is 11.3 Å². The summed E-state index contributed by atoms with van der Waals surface area (Å²) in [4.78, 5) is 6.78. The molecule has 0 saturated carbocycles. The Morgan fingerprint density at radius 2 is 2.00 bits per heavy atom. The lowest BCUT2D eigenvalue weighted by Crippen LogP contribution is -2.34. The molecule has 0 fully saturated rings. The van der Waals surface area contributed by atoms with Crippen LogP contribution in [-0.4, -0.2) is 24.6 Å². The SMILES string of the molecule is CCNCc1cnc(C)cc1N(C)C(C)C(C)C. The van der Waals surface area contributed by atoms with Crippen LogP contribution in [-0.2, 0) is 6.54 Å². The maximum atomic E-state index is 4.41. The van der Waals surface area contributed by atoms with Crippen molar-refractivity contribution >= 4 is 5.69 Å². The molecule has 1 aromatic heterocycles. The molecule has 0 aliphatic heterocycles. The highest BCUT2D eigenvalue weighted by atomic mass is 15.1. The molecule has 1 unspecified atom stereocenters. The van der Waals surface area contributed by atoms with Crippen molar-refractivity contribution in [1.82, 2.24) is 10.3 Å². The summed E-state index contributed by atoms with van der Waals surface area (Å²) < 4.78 is 0. The second-order valence-corrected chi connectivity index (χ2v) is 5.33. The highest BCUT2D eigenvalue weighted by Gasteiger charge is 2.16. The van der Waals surface area contributed by atoms with Gasteiger partial charge >= 0.3 is 0 Å². The summed E-state index contributed by atoms with van der Waals surface area (Å²) in [6, 6.07) is 2.71. The van der Waals surface area contributed by atoms with E-state index in [2.05, 4.69) is 62.9 Å². The van der Waals surface area contributed by atoms with Crippen molar-refractivity contribution in [3.05, 3.63) is 23.5 Å². The van der Waals surface area contributed by atoms with Crippen LogP contribution in [0.4, 0.5) is 5.69 Å². The molecule has 0 saturated heterocycles. The van der Waals surface area contributed by atoms with Gasteiger partial charge in [-0.05, 0) is 32.4 Å². The van der Waals surface area contributed by atoms with Crippen LogP contribution in [0.25, 0.3) is 0 Å². The Labute approximate surface area is 112 Å². The Morgan fingerprint density at radius 3 is 2.56 bits per heavy atom. The van der Waals surface area contributed by atoms with Crippen molar-refractivity contribution in [2.24, 2.45) is 5.92 Å². The van der Waals surface area contributed by atoms with E-state index >= 15 is 0 Å². The number of hydrogen-bond donors (Lipinski definition) is 1. The maximum absolute atomic E-state index is 4.41. The van der Waals surface area contributed by atoms with E-state index in [4.69, 9.17) is 0 Å². The topological polar surface area (TPSA) is 28.2 Å². The lowest BCUT2D eigenvalue weighted by molar-refractivity contribution is 0.504. The first-order valence-corrected chi connectivity index (χ1v) is 6.86. The van der Waals surface area contributed by atoms with Crippen LogP contribution in [0.5, 0.6) is 0 Å². The van der Waals surface area contributed by atoms with Gasteiger partial charge in [0.1, 0.15) is 0 Å². The smallest absolute Gasteiger partial charge is 0.0445 e. The number of nitrogens with zero attached hydrogens (tertiary/aromatic N) is 2. The number of hydrogen-bond acceptors (Lipinski definition) is 3. The molecule has 102 valence electrons. The fourth-order valence-electron chi connectivity index (χ4n) is 1.96. The highest BCUT2D eigenvalue weighted by molar-refractivity contribution is 5.53. The summed E-state index contributed by atoms with van der Waals surface area (Å²) in [5.74, 6) is 0.635. The Bertz CT molecular complexity index is 374. The zero-order chi connectivity index (χ0) is 13.7. The van der Waals surface area contributed by atoms with E-state index < -0.39 is 0 Å². The largest absolute Gasteiger partial charge is 0.371 e. The molecule has 0 amide bonds. The monoisotopic (exact) mass is 249 g/mol. The predicted octanol–water partition coefficient (Wildman–Crippen LogP) is 2.98. The molecule has 0 aliphatic rings. The lowest BCUT2D eigenvalue weighted by atomic mass is 10.0. The van der Waals surface area contributed by atoms with Crippen molar-refractivity contribution < 1.29 is 0 Å². The average Bonchev–Trinajstić information content (AvgIpc) is 2.35. The Kier molecular flexibility index (Phi) is 5.60. The molecule has 1 aromatic rings. The third kappa shape index (κ3) is 3.70. The number of aromatic nitrogens is 1. The quantitative estimate of drug-likeness (QED) is 0.840. The molecule has 3 heteroatoms. The number of anilines is 1. The van der Waals surface area contributed by atoms with E-state index in [1.807, 2.05) is 6.20 Å². The number of pyridine rings is 1. The maximum Gasteiger partial charge on any atom is 0.0445 e. The van der Waals surface area contributed by atoms with Crippen molar-refractivity contribution in [1.29, 1.82) is 0 Å². The fourth-order valence-corrected chi connectivity index (χ4v) is 1.96. The fraction of sp³-hybridized carbons (Fsp3) is 0.667. The van der Waals surface area contributed by atoms with Crippen LogP contribution in [0.1, 0.15) is 39.0 Å². The van der Waals surface area contributed by atoms with Gasteiger partial charge in [-0.1, -0.05) is 20.8 Å². The predicted molar refractivity (Wildman–Crippen MR) is 79.1 cm³/mol. The van der Waals surface area contributed by atoms with E-state index in [-0.39, 0.29) is 0 Å². The lowest BCUT2D eigenvalue weighted by Gasteiger charge is -2.31. The third-order valence-electron chi connectivity index (χ3n) is 3.62. The number of aryl methyl sites for hydroxylation is 1. The van der Waals surface area contributed by atoms with Gasteiger partial charge in [-0.15, -0.1) is 0 Å². The summed E-state index contributed by atoms with van der Waals surface area (Å²) in [6.07, 6.45) is 2.00. The molecule has 0 aliphatic carbocycles. The van der Waals surface area contributed by atoms with E-state index in [1.54, 1.807) is 0 Å². The summed E-state index contributed by atoms with van der Waals surface area (Å²) in [5.41, 5.74) is 3.65. The van der Waals surface area contributed by atoms with Crippen LogP contribution in [0.3, 0.4) is 0 Å². The standard InChI is InChI=1S/C15H27N3/c1-7-16-9-14-10-17-12(4)8-15(14)18(6)13(5)11(2)3/h8,10-11,13,16H,7,9H2,1-6H3. The molecule has 0 aromatic carbocycles. The van der Waals surface area contributed by atoms with Crippen LogP contribution >= 0.6 is 0 Å². The first-order valence-electron chi connectivity index (χ1n) is 6.86. The second-order valence-electron chi connectivity index (χ2n) is 5.33. The molecular weight excluding hydrogens is 222 g/mol. The van der Waals surface area contributed by atoms with Gasteiger partial charge in [0, 0.05) is 42.8 Å². The van der Waals surface area contributed by atoms with Crippen LogP contribution < -0.4 is 10.2 Å². The van der Waals surface area contributed by atoms with Gasteiger partial charge in [0.25, 0.3) is 0 Å². The Balaban J connectivity index is 3.00. The molecule has 1 atom stereocenters. The van der Waals surface area contributed by atoms with Crippen molar-refractivity contribution in [2.75, 3.05) is 18.5 Å². The van der Waals surface area contributed by atoms with Gasteiger partial charge in [0.05, 0.1) is 0 Å². The van der Waals surface area contributed by atoms with Crippen LogP contribution in [0.2, 0.25) is 0 Å². The normalized spacial score (nSPS) is 12.8. The summed E-state index contributed by atoms with van der Waals surface area (Å²) in [6.45, 7) is 12.8. The molecule has 1 rings (SSSR count). The van der Waals surface area contributed by atoms with Gasteiger partial charge < -0.3 is 10.2 Å². The third-order valence-corrected chi connectivity index (χ3v) is 3.62. The zero-order valence-corrected chi connectivity index (χ0v) is 12.6. The number of rotatable bonds is 6. The molecule has 1 N–H and O–H groups in total. The first-order chi connectivity index (χ1) is 8.47. The Hall–Kier alpha value is -1.09. The van der Waals surface area contributed by atoms with Crippen LogP contribution in [0.15, 0.2) is 12.3 Å². The minimum atomic E-state index is 0.521. The molecular formula is C15H27N3. The van der Waals surface area contributed by atoms with Gasteiger partial charge in [-0.25, -0.2) is 0 Å².